The molecule has 2 N–H and O–H groups in total. The number of ether oxygens (including phenoxy) is 1. The van der Waals surface area contributed by atoms with Crippen LogP contribution in [0.4, 0.5) is 0 Å². The minimum absolute atomic E-state index is 0.312. The number of rotatable bonds is 3. The van der Waals surface area contributed by atoms with E-state index in [-0.39, 0.29) is 5.91 Å². The molecule has 17 heavy (non-hydrogen) atoms. The Morgan fingerprint density at radius 3 is 2.88 bits per heavy atom. The first-order valence-corrected chi connectivity index (χ1v) is 6.13. The van der Waals surface area contributed by atoms with E-state index in [0.717, 1.165) is 31.2 Å². The number of fused-ring (bicyclic) bond motifs is 1. The summed E-state index contributed by atoms with van der Waals surface area (Å²) in [5.41, 5.74) is 9.85. The molecule has 0 radical (unpaired) electrons. The standard InChI is InChI=1S/C14H19NO2/c1-3-11-12-7-5-10(17-2)8-9(12)4-6-13(11)14(15)16/h4,6,10H,3,5,7-8H2,1-2H3,(H2,15,16). The van der Waals surface area contributed by atoms with Crippen molar-refractivity contribution in [1.82, 2.24) is 0 Å². The molecule has 3 nitrogen and oxygen atoms in total. The van der Waals surface area contributed by atoms with Gasteiger partial charge in [0.15, 0.2) is 0 Å². The number of amides is 1. The second-order valence-electron chi connectivity index (χ2n) is 4.55. The zero-order valence-corrected chi connectivity index (χ0v) is 10.5. The summed E-state index contributed by atoms with van der Waals surface area (Å²) < 4.78 is 5.41. The molecule has 1 amide bonds. The number of primary amides is 1. The third-order valence-electron chi connectivity index (χ3n) is 3.64. The molecule has 0 aliphatic heterocycles. The van der Waals surface area contributed by atoms with Crippen LogP contribution in [0.5, 0.6) is 0 Å². The van der Waals surface area contributed by atoms with E-state index in [1.807, 2.05) is 12.1 Å². The van der Waals surface area contributed by atoms with Crippen molar-refractivity contribution in [1.29, 1.82) is 0 Å². The van der Waals surface area contributed by atoms with E-state index in [9.17, 15) is 4.79 Å². The summed E-state index contributed by atoms with van der Waals surface area (Å²) in [4.78, 5) is 11.4. The molecule has 0 saturated heterocycles. The Morgan fingerprint density at radius 2 is 2.29 bits per heavy atom. The number of carbonyl (C=O) groups excluding carboxylic acids is 1. The van der Waals surface area contributed by atoms with Crippen molar-refractivity contribution in [3.8, 4) is 0 Å². The summed E-state index contributed by atoms with van der Waals surface area (Å²) in [6.07, 6.45) is 4.13. The summed E-state index contributed by atoms with van der Waals surface area (Å²) in [5.74, 6) is -0.321. The first-order valence-electron chi connectivity index (χ1n) is 6.13. The van der Waals surface area contributed by atoms with E-state index in [2.05, 4.69) is 6.92 Å². The lowest BCUT2D eigenvalue weighted by Crippen LogP contribution is -2.24. The van der Waals surface area contributed by atoms with Gasteiger partial charge in [-0.2, -0.15) is 0 Å². The first kappa shape index (κ1) is 12.1. The zero-order valence-electron chi connectivity index (χ0n) is 10.5. The molecule has 1 aliphatic carbocycles. The van der Waals surface area contributed by atoms with E-state index in [1.54, 1.807) is 7.11 Å². The second-order valence-corrected chi connectivity index (χ2v) is 4.55. The molecule has 0 saturated carbocycles. The van der Waals surface area contributed by atoms with Gasteiger partial charge in [0, 0.05) is 12.7 Å². The van der Waals surface area contributed by atoms with Crippen molar-refractivity contribution in [2.45, 2.75) is 38.7 Å². The normalized spacial score (nSPS) is 18.8. The molecular formula is C14H19NO2. The lowest BCUT2D eigenvalue weighted by Gasteiger charge is -2.26. The van der Waals surface area contributed by atoms with Crippen LogP contribution in [0, 0.1) is 0 Å². The van der Waals surface area contributed by atoms with Gasteiger partial charge in [-0.1, -0.05) is 13.0 Å². The summed E-state index contributed by atoms with van der Waals surface area (Å²) in [5, 5.41) is 0. The van der Waals surface area contributed by atoms with Gasteiger partial charge in [0.2, 0.25) is 5.91 Å². The molecule has 1 aromatic rings. The van der Waals surface area contributed by atoms with Gasteiger partial charge < -0.3 is 10.5 Å². The maximum Gasteiger partial charge on any atom is 0.248 e. The fourth-order valence-electron chi connectivity index (χ4n) is 2.73. The fraction of sp³-hybridized carbons (Fsp3) is 0.500. The summed E-state index contributed by atoms with van der Waals surface area (Å²) in [6.45, 7) is 2.07. The van der Waals surface area contributed by atoms with Crippen LogP contribution in [0.25, 0.3) is 0 Å². The van der Waals surface area contributed by atoms with Crippen molar-refractivity contribution in [3.05, 3.63) is 34.4 Å². The molecule has 0 fully saturated rings. The highest BCUT2D eigenvalue weighted by Crippen LogP contribution is 2.28. The van der Waals surface area contributed by atoms with Crippen LogP contribution in [-0.4, -0.2) is 19.1 Å². The third-order valence-corrected chi connectivity index (χ3v) is 3.64. The number of hydrogen-bond donors (Lipinski definition) is 1. The molecule has 1 aliphatic rings. The lowest BCUT2D eigenvalue weighted by atomic mass is 9.83. The van der Waals surface area contributed by atoms with Crippen LogP contribution in [0.15, 0.2) is 12.1 Å². The Labute approximate surface area is 102 Å². The average Bonchev–Trinajstić information content (AvgIpc) is 2.36. The zero-order chi connectivity index (χ0) is 12.4. The number of methoxy groups -OCH3 is 1. The minimum Gasteiger partial charge on any atom is -0.381 e. The topological polar surface area (TPSA) is 52.3 Å². The highest BCUT2D eigenvalue weighted by atomic mass is 16.5. The van der Waals surface area contributed by atoms with Gasteiger partial charge in [0.25, 0.3) is 0 Å². The Bertz CT molecular complexity index is 440. The monoisotopic (exact) mass is 233 g/mol. The molecular weight excluding hydrogens is 214 g/mol. The van der Waals surface area contributed by atoms with Crippen molar-refractivity contribution in [2.75, 3.05) is 7.11 Å². The Hall–Kier alpha value is -1.35. The molecule has 0 aromatic heterocycles. The summed E-state index contributed by atoms with van der Waals surface area (Å²) >= 11 is 0. The number of carbonyl (C=O) groups is 1. The predicted octanol–water partition coefficient (Wildman–Crippen LogP) is 1.85. The quantitative estimate of drug-likeness (QED) is 0.866. The van der Waals surface area contributed by atoms with E-state index in [0.29, 0.717) is 11.7 Å². The Morgan fingerprint density at radius 1 is 1.53 bits per heavy atom. The number of nitrogens with two attached hydrogens (primary N) is 1. The molecule has 0 bridgehead atoms. The lowest BCUT2D eigenvalue weighted by molar-refractivity contribution is 0.0909. The Balaban J connectivity index is 2.45. The van der Waals surface area contributed by atoms with Crippen molar-refractivity contribution in [3.63, 3.8) is 0 Å². The highest BCUT2D eigenvalue weighted by Gasteiger charge is 2.22. The molecule has 1 aromatic carbocycles. The largest absolute Gasteiger partial charge is 0.381 e. The molecule has 0 heterocycles. The molecule has 0 spiro atoms. The molecule has 2 rings (SSSR count). The third kappa shape index (κ3) is 2.20. The van der Waals surface area contributed by atoms with Gasteiger partial charge in [-0.3, -0.25) is 4.79 Å². The van der Waals surface area contributed by atoms with Crippen LogP contribution in [0.1, 0.15) is 40.4 Å². The van der Waals surface area contributed by atoms with Crippen molar-refractivity contribution in [2.24, 2.45) is 5.73 Å². The smallest absolute Gasteiger partial charge is 0.248 e. The van der Waals surface area contributed by atoms with Gasteiger partial charge in [0.1, 0.15) is 0 Å². The van der Waals surface area contributed by atoms with Crippen molar-refractivity contribution < 1.29 is 9.53 Å². The molecule has 1 unspecified atom stereocenters. The number of hydrogen-bond acceptors (Lipinski definition) is 2. The van der Waals surface area contributed by atoms with E-state index in [4.69, 9.17) is 10.5 Å². The molecule has 3 heteroatoms. The highest BCUT2D eigenvalue weighted by molar-refractivity contribution is 5.94. The van der Waals surface area contributed by atoms with Crippen molar-refractivity contribution >= 4 is 5.91 Å². The van der Waals surface area contributed by atoms with Crippen LogP contribution in [-0.2, 0) is 24.0 Å². The summed E-state index contributed by atoms with van der Waals surface area (Å²) in [6, 6.07) is 3.89. The van der Waals surface area contributed by atoms with E-state index < -0.39 is 0 Å². The Kier molecular flexibility index (Phi) is 3.48. The van der Waals surface area contributed by atoms with Crippen LogP contribution < -0.4 is 5.73 Å². The van der Waals surface area contributed by atoms with E-state index in [1.165, 1.54) is 11.1 Å². The van der Waals surface area contributed by atoms with Crippen LogP contribution >= 0.6 is 0 Å². The van der Waals surface area contributed by atoms with Gasteiger partial charge >= 0.3 is 0 Å². The maximum absolute atomic E-state index is 11.4. The number of benzene rings is 1. The van der Waals surface area contributed by atoms with Gasteiger partial charge in [-0.15, -0.1) is 0 Å². The predicted molar refractivity (Wildman–Crippen MR) is 67.2 cm³/mol. The van der Waals surface area contributed by atoms with E-state index >= 15 is 0 Å². The molecule has 1 atom stereocenters. The summed E-state index contributed by atoms with van der Waals surface area (Å²) in [7, 11) is 1.76. The van der Waals surface area contributed by atoms with Crippen LogP contribution in [0.3, 0.4) is 0 Å². The SMILES string of the molecule is CCc1c(C(N)=O)ccc2c1CCC(OC)C2. The maximum atomic E-state index is 11.4. The van der Waals surface area contributed by atoms with Crippen LogP contribution in [0.2, 0.25) is 0 Å². The average molecular weight is 233 g/mol. The van der Waals surface area contributed by atoms with Gasteiger partial charge in [0.05, 0.1) is 6.10 Å². The molecule has 92 valence electrons. The fourth-order valence-corrected chi connectivity index (χ4v) is 2.73. The van der Waals surface area contributed by atoms with Gasteiger partial charge in [-0.25, -0.2) is 0 Å². The first-order chi connectivity index (χ1) is 8.17. The van der Waals surface area contributed by atoms with Gasteiger partial charge in [-0.05, 0) is 48.4 Å². The second kappa shape index (κ2) is 4.88. The minimum atomic E-state index is -0.321.